The lowest BCUT2D eigenvalue weighted by molar-refractivity contribution is 0.0451. The summed E-state index contributed by atoms with van der Waals surface area (Å²) >= 11 is 0. The van der Waals surface area contributed by atoms with Gasteiger partial charge in [-0.25, -0.2) is 0 Å². The minimum atomic E-state index is -3.17. The van der Waals surface area contributed by atoms with Crippen LogP contribution in [0.3, 0.4) is 0 Å². The molecule has 2 aliphatic carbocycles. The molecular formula is C20H10F4. The summed E-state index contributed by atoms with van der Waals surface area (Å²) in [5.41, 5.74) is 0.397. The second-order valence-corrected chi connectivity index (χ2v) is 6.18. The highest BCUT2D eigenvalue weighted by Crippen LogP contribution is 2.57. The molecule has 0 aromatic heterocycles. The van der Waals surface area contributed by atoms with Crippen molar-refractivity contribution in [1.82, 2.24) is 0 Å². The van der Waals surface area contributed by atoms with E-state index >= 15 is 0 Å². The van der Waals surface area contributed by atoms with E-state index in [2.05, 4.69) is 0 Å². The molecule has 0 amide bonds. The van der Waals surface area contributed by atoms with Crippen molar-refractivity contribution >= 4 is 0 Å². The van der Waals surface area contributed by atoms with Crippen LogP contribution in [0.5, 0.6) is 0 Å². The Morgan fingerprint density at radius 1 is 0.458 bits per heavy atom. The Morgan fingerprint density at radius 2 is 0.833 bits per heavy atom. The molecule has 0 radical (unpaired) electrons. The molecule has 0 saturated heterocycles. The van der Waals surface area contributed by atoms with Crippen LogP contribution in [0.25, 0.3) is 22.3 Å². The third-order valence-electron chi connectivity index (χ3n) is 4.95. The average molecular weight is 326 g/mol. The Kier molecular flexibility index (Phi) is 2.34. The summed E-state index contributed by atoms with van der Waals surface area (Å²) in [6.45, 7) is 0. The molecule has 0 bridgehead atoms. The fourth-order valence-corrected chi connectivity index (χ4v) is 3.84. The van der Waals surface area contributed by atoms with Gasteiger partial charge in [-0.2, -0.15) is 17.6 Å². The van der Waals surface area contributed by atoms with E-state index in [1.54, 1.807) is 24.3 Å². The lowest BCUT2D eigenvalue weighted by atomic mass is 9.97. The van der Waals surface area contributed by atoms with Crippen LogP contribution in [-0.4, -0.2) is 0 Å². The summed E-state index contributed by atoms with van der Waals surface area (Å²) in [6, 6.07) is 14.7. The van der Waals surface area contributed by atoms with Gasteiger partial charge in [-0.15, -0.1) is 0 Å². The second kappa shape index (κ2) is 4.07. The Bertz CT molecular complexity index is 935. The van der Waals surface area contributed by atoms with Gasteiger partial charge in [-0.3, -0.25) is 0 Å². The summed E-state index contributed by atoms with van der Waals surface area (Å²) in [6.07, 6.45) is 0. The molecule has 0 saturated carbocycles. The second-order valence-electron chi connectivity index (χ2n) is 6.18. The Balaban J connectivity index is 1.88. The molecule has 0 nitrogen and oxygen atoms in total. The van der Waals surface area contributed by atoms with Gasteiger partial charge >= 0.3 is 0 Å². The quantitative estimate of drug-likeness (QED) is 0.449. The SMILES string of the molecule is FC1(F)c2ccccc2-c2cc3c(cc21)-c1ccccc1C3(F)F. The molecule has 0 atom stereocenters. The molecule has 0 heterocycles. The first-order chi connectivity index (χ1) is 11.4. The van der Waals surface area contributed by atoms with E-state index in [1.807, 2.05) is 0 Å². The Morgan fingerprint density at radius 3 is 1.25 bits per heavy atom. The van der Waals surface area contributed by atoms with Gasteiger partial charge in [0, 0.05) is 22.3 Å². The highest BCUT2D eigenvalue weighted by atomic mass is 19.3. The van der Waals surface area contributed by atoms with Gasteiger partial charge in [0.05, 0.1) is 0 Å². The van der Waals surface area contributed by atoms with Crippen molar-refractivity contribution < 1.29 is 17.6 Å². The van der Waals surface area contributed by atoms with Gasteiger partial charge in [0.1, 0.15) is 0 Å². The van der Waals surface area contributed by atoms with Crippen molar-refractivity contribution in [2.45, 2.75) is 11.8 Å². The van der Waals surface area contributed by atoms with Crippen LogP contribution in [0.1, 0.15) is 22.3 Å². The maximum atomic E-state index is 14.8. The molecule has 0 N–H and O–H groups in total. The number of benzene rings is 3. The first-order valence-corrected chi connectivity index (χ1v) is 7.57. The summed E-state index contributed by atoms with van der Waals surface area (Å²) in [5.74, 6) is -6.35. The van der Waals surface area contributed by atoms with Crippen molar-refractivity contribution in [1.29, 1.82) is 0 Å². The number of rotatable bonds is 0. The molecule has 0 fully saturated rings. The van der Waals surface area contributed by atoms with Gasteiger partial charge in [0.15, 0.2) is 0 Å². The highest BCUT2D eigenvalue weighted by molar-refractivity contribution is 5.88. The molecule has 24 heavy (non-hydrogen) atoms. The first kappa shape index (κ1) is 13.8. The molecule has 118 valence electrons. The maximum Gasteiger partial charge on any atom is 0.299 e. The molecule has 5 rings (SSSR count). The zero-order chi connectivity index (χ0) is 16.7. The lowest BCUT2D eigenvalue weighted by Gasteiger charge is -2.15. The largest absolute Gasteiger partial charge is 0.299 e. The third kappa shape index (κ3) is 1.44. The first-order valence-electron chi connectivity index (χ1n) is 7.57. The van der Waals surface area contributed by atoms with Crippen molar-refractivity contribution in [3.8, 4) is 22.3 Å². The van der Waals surface area contributed by atoms with Crippen molar-refractivity contribution in [3.05, 3.63) is 82.9 Å². The lowest BCUT2D eigenvalue weighted by Crippen LogP contribution is -2.13. The van der Waals surface area contributed by atoms with Crippen LogP contribution in [0.4, 0.5) is 17.6 Å². The van der Waals surface area contributed by atoms with E-state index in [0.29, 0.717) is 11.1 Å². The van der Waals surface area contributed by atoms with E-state index in [1.165, 1.54) is 36.4 Å². The number of hydrogen-bond donors (Lipinski definition) is 0. The van der Waals surface area contributed by atoms with E-state index < -0.39 is 11.8 Å². The zero-order valence-corrected chi connectivity index (χ0v) is 12.3. The zero-order valence-electron chi connectivity index (χ0n) is 12.3. The molecule has 2 aliphatic rings. The van der Waals surface area contributed by atoms with Gasteiger partial charge < -0.3 is 0 Å². The average Bonchev–Trinajstić information content (AvgIpc) is 2.95. The van der Waals surface area contributed by atoms with Gasteiger partial charge in [-0.1, -0.05) is 48.5 Å². The number of alkyl halides is 4. The van der Waals surface area contributed by atoms with Crippen LogP contribution in [0.15, 0.2) is 60.7 Å². The molecule has 3 aromatic rings. The molecule has 0 aliphatic heterocycles. The molecule has 4 heteroatoms. The van der Waals surface area contributed by atoms with Crippen LogP contribution in [0, 0.1) is 0 Å². The summed E-state index contributed by atoms with van der Waals surface area (Å²) in [4.78, 5) is 0. The summed E-state index contributed by atoms with van der Waals surface area (Å²) in [5, 5.41) is 0. The molecule has 3 aromatic carbocycles. The molecule has 0 unspecified atom stereocenters. The Hall–Kier alpha value is -2.62. The minimum absolute atomic E-state index is 0.125. The number of fused-ring (bicyclic) bond motifs is 6. The van der Waals surface area contributed by atoms with E-state index in [-0.39, 0.29) is 33.4 Å². The normalized spacial score (nSPS) is 17.8. The monoisotopic (exact) mass is 326 g/mol. The molecule has 0 spiro atoms. The van der Waals surface area contributed by atoms with E-state index in [9.17, 15) is 17.6 Å². The van der Waals surface area contributed by atoms with Crippen molar-refractivity contribution in [2.24, 2.45) is 0 Å². The molecular weight excluding hydrogens is 316 g/mol. The van der Waals surface area contributed by atoms with Crippen LogP contribution >= 0.6 is 0 Å². The number of halogens is 4. The Labute approximate surface area is 135 Å². The van der Waals surface area contributed by atoms with Crippen molar-refractivity contribution in [3.63, 3.8) is 0 Å². The van der Waals surface area contributed by atoms with Crippen LogP contribution < -0.4 is 0 Å². The minimum Gasteiger partial charge on any atom is -0.196 e. The fourth-order valence-electron chi connectivity index (χ4n) is 3.84. The third-order valence-corrected chi connectivity index (χ3v) is 4.95. The smallest absolute Gasteiger partial charge is 0.196 e. The maximum absolute atomic E-state index is 14.8. The fraction of sp³-hybridized carbons (Fsp3) is 0.100. The van der Waals surface area contributed by atoms with Gasteiger partial charge in [-0.05, 0) is 34.4 Å². The number of hydrogen-bond acceptors (Lipinski definition) is 0. The van der Waals surface area contributed by atoms with Gasteiger partial charge in [0.2, 0.25) is 0 Å². The summed E-state index contributed by atoms with van der Waals surface area (Å²) < 4.78 is 59.1. The standard InChI is InChI=1S/C20H10F4/c21-19(22)15-7-3-1-5-11(15)13-9-18-14(10-17(13)19)12-6-2-4-8-16(12)20(18,23)24/h1-10H. The van der Waals surface area contributed by atoms with Crippen LogP contribution in [-0.2, 0) is 11.8 Å². The van der Waals surface area contributed by atoms with Gasteiger partial charge in [0.25, 0.3) is 11.8 Å². The predicted molar refractivity (Wildman–Crippen MR) is 83.3 cm³/mol. The predicted octanol–water partition coefficient (Wildman–Crippen LogP) is 5.93. The van der Waals surface area contributed by atoms with Crippen LogP contribution in [0.2, 0.25) is 0 Å². The topological polar surface area (TPSA) is 0 Å². The van der Waals surface area contributed by atoms with E-state index in [0.717, 1.165) is 0 Å². The van der Waals surface area contributed by atoms with E-state index in [4.69, 9.17) is 0 Å². The van der Waals surface area contributed by atoms with Crippen molar-refractivity contribution in [2.75, 3.05) is 0 Å². The highest BCUT2D eigenvalue weighted by Gasteiger charge is 2.49. The summed E-state index contributed by atoms with van der Waals surface area (Å²) in [7, 11) is 0.